The summed E-state index contributed by atoms with van der Waals surface area (Å²) >= 11 is 1.57. The molecular weight excluding hydrogens is 593 g/mol. The number of nitrogens with zero attached hydrogens (tertiary/aromatic N) is 5. The average molecular weight is 622 g/mol. The van der Waals surface area contributed by atoms with Crippen LogP contribution in [0.4, 0.5) is 4.39 Å². The maximum Gasteiger partial charge on any atom is 0.335 e. The van der Waals surface area contributed by atoms with Crippen LogP contribution in [-0.4, -0.2) is 43.1 Å². The van der Waals surface area contributed by atoms with Gasteiger partial charge in [0.25, 0.3) is 5.79 Å². The number of ether oxygens (including phenoxy) is 2. The number of hydrogen-bond acceptors (Lipinski definition) is 8. The lowest BCUT2D eigenvalue weighted by molar-refractivity contribution is -0.0712. The molecule has 11 heteroatoms. The smallest absolute Gasteiger partial charge is 0.335 e. The van der Waals surface area contributed by atoms with Gasteiger partial charge in [0.05, 0.1) is 52.4 Å². The first kappa shape index (κ1) is 27.7. The van der Waals surface area contributed by atoms with Gasteiger partial charge in [0.1, 0.15) is 11.6 Å². The Kier molecular flexibility index (Phi) is 6.41. The average Bonchev–Trinajstić information content (AvgIpc) is 3.34. The number of piperidine rings is 1. The number of aromatic carboxylic acids is 1. The Balaban J connectivity index is 1.04. The monoisotopic (exact) mass is 621 g/mol. The number of carboxylic acids is 1. The van der Waals surface area contributed by atoms with Gasteiger partial charge in [-0.2, -0.15) is 5.26 Å². The van der Waals surface area contributed by atoms with Crippen molar-refractivity contribution in [2.75, 3.05) is 6.54 Å². The van der Waals surface area contributed by atoms with E-state index in [-0.39, 0.29) is 22.6 Å². The second kappa shape index (κ2) is 10.4. The van der Waals surface area contributed by atoms with E-state index in [0.29, 0.717) is 36.5 Å². The van der Waals surface area contributed by atoms with Gasteiger partial charge in [-0.15, -0.1) is 11.3 Å². The van der Waals surface area contributed by atoms with Crippen molar-refractivity contribution in [2.45, 2.75) is 50.6 Å². The Bertz CT molecular complexity index is 2020. The van der Waals surface area contributed by atoms with Crippen molar-refractivity contribution in [3.63, 3.8) is 0 Å². The van der Waals surface area contributed by atoms with Crippen LogP contribution in [0.15, 0.2) is 66.3 Å². The molecule has 0 radical (unpaired) electrons. The van der Waals surface area contributed by atoms with Gasteiger partial charge in [0.15, 0.2) is 11.5 Å². The van der Waals surface area contributed by atoms with E-state index < -0.39 is 17.6 Å². The first-order chi connectivity index (χ1) is 21.8. The molecule has 1 N–H and O–H groups in total. The molecule has 1 saturated heterocycles. The van der Waals surface area contributed by atoms with Crippen LogP contribution in [-0.2, 0) is 18.9 Å². The first-order valence-corrected chi connectivity index (χ1v) is 15.7. The normalized spacial score (nSPS) is 23.5. The second-order valence-electron chi connectivity index (χ2n) is 12.1. The molecular formula is C34H28FN5O4S. The Morgan fingerprint density at radius 3 is 2.87 bits per heavy atom. The Morgan fingerprint density at radius 1 is 1.20 bits per heavy atom. The summed E-state index contributed by atoms with van der Waals surface area (Å²) < 4.78 is 29.8. The lowest BCUT2D eigenvalue weighted by Gasteiger charge is -2.32. The Labute approximate surface area is 262 Å². The number of halogens is 1. The highest BCUT2D eigenvalue weighted by Crippen LogP contribution is 2.57. The standard InChI is InChI=1S/C34H28FN5O4S/c1-34(25-7-5-19(14-36)11-26(25)35)43-30-4-2-3-23(32(30)44-34)22-9-10-39(28-13-24(22)28)17-31-38-27-8-6-20(33(41)42)12-29(27)40(31)16-21-15-37-18-45-21/h2-8,11-12,15,18,22,24,28H,9-10,13,16-17H2,1H3,(H,41,42)/t22-,24+,28+,34-/m0/s1. The van der Waals surface area contributed by atoms with Crippen LogP contribution in [0, 0.1) is 23.1 Å². The molecule has 0 unspecified atom stereocenters. The van der Waals surface area contributed by atoms with Crippen molar-refractivity contribution in [1.82, 2.24) is 19.4 Å². The van der Waals surface area contributed by atoms with Gasteiger partial charge in [-0.25, -0.2) is 14.2 Å². The highest BCUT2D eigenvalue weighted by atomic mass is 32.1. The van der Waals surface area contributed by atoms with E-state index in [1.807, 2.05) is 24.4 Å². The minimum Gasteiger partial charge on any atom is -0.478 e. The number of carboxylic acid groups (broad SMARTS) is 1. The molecule has 2 aliphatic heterocycles. The molecule has 0 spiro atoms. The van der Waals surface area contributed by atoms with Crippen LogP contribution in [0.5, 0.6) is 11.5 Å². The zero-order chi connectivity index (χ0) is 30.9. The van der Waals surface area contributed by atoms with E-state index in [0.717, 1.165) is 46.7 Å². The third-order valence-corrected chi connectivity index (χ3v) is 10.1. The number of imidazole rings is 1. The van der Waals surface area contributed by atoms with Gasteiger partial charge in [-0.1, -0.05) is 12.1 Å². The first-order valence-electron chi connectivity index (χ1n) is 14.9. The van der Waals surface area contributed by atoms with Crippen LogP contribution in [0.3, 0.4) is 0 Å². The highest BCUT2D eigenvalue weighted by molar-refractivity contribution is 7.09. The van der Waals surface area contributed by atoms with E-state index in [9.17, 15) is 9.90 Å². The fraction of sp³-hybridized carbons (Fsp3) is 0.294. The number of nitriles is 1. The minimum absolute atomic E-state index is 0.238. The molecule has 2 aromatic heterocycles. The van der Waals surface area contributed by atoms with E-state index in [1.54, 1.807) is 54.1 Å². The molecule has 8 rings (SSSR count). The number of hydrogen-bond donors (Lipinski definition) is 1. The van der Waals surface area contributed by atoms with Crippen molar-refractivity contribution < 1.29 is 23.8 Å². The van der Waals surface area contributed by atoms with E-state index >= 15 is 4.39 Å². The number of thiazole rings is 1. The number of para-hydroxylation sites is 1. The molecule has 4 heterocycles. The van der Waals surface area contributed by atoms with Gasteiger partial charge >= 0.3 is 5.97 Å². The molecule has 4 atom stereocenters. The summed E-state index contributed by atoms with van der Waals surface area (Å²) in [5.41, 5.74) is 5.19. The number of benzene rings is 3. The highest BCUT2D eigenvalue weighted by Gasteiger charge is 2.52. The lowest BCUT2D eigenvalue weighted by Crippen LogP contribution is -2.35. The summed E-state index contributed by atoms with van der Waals surface area (Å²) in [5.74, 6) is 0.0278. The minimum atomic E-state index is -1.34. The zero-order valence-corrected chi connectivity index (χ0v) is 25.1. The summed E-state index contributed by atoms with van der Waals surface area (Å²) in [4.78, 5) is 24.5. The molecule has 2 fully saturated rings. The molecule has 9 nitrogen and oxygen atoms in total. The van der Waals surface area contributed by atoms with Crippen LogP contribution in [0.25, 0.3) is 11.0 Å². The molecule has 3 aliphatic rings. The number of carbonyl (C=O) groups is 1. The summed E-state index contributed by atoms with van der Waals surface area (Å²) in [5, 5.41) is 18.8. The topological polar surface area (TPSA) is 114 Å². The molecule has 1 aliphatic carbocycles. The Hall–Kier alpha value is -4.79. The van der Waals surface area contributed by atoms with Crippen LogP contribution >= 0.6 is 11.3 Å². The SMILES string of the molecule is C[C@]1(c2ccc(C#N)cc2F)Oc2cccc([C@@H]3CCN(Cc4nc5ccc(C(=O)O)cc5n4Cc4cncs4)[C@@H]4C[C@@H]43)c2O1. The summed E-state index contributed by atoms with van der Waals surface area (Å²) in [7, 11) is 0. The number of rotatable bonds is 7. The zero-order valence-electron chi connectivity index (χ0n) is 24.3. The maximum absolute atomic E-state index is 15.0. The van der Waals surface area contributed by atoms with Crippen molar-refractivity contribution in [2.24, 2.45) is 5.92 Å². The number of fused-ring (bicyclic) bond motifs is 3. The largest absolute Gasteiger partial charge is 0.478 e. The van der Waals surface area contributed by atoms with Crippen LogP contribution in [0.1, 0.15) is 63.4 Å². The van der Waals surface area contributed by atoms with Gasteiger partial charge in [0, 0.05) is 29.6 Å². The van der Waals surface area contributed by atoms with Gasteiger partial charge in [-0.3, -0.25) is 9.88 Å². The molecule has 0 bridgehead atoms. The summed E-state index contributed by atoms with van der Waals surface area (Å²) in [6, 6.07) is 17.7. The van der Waals surface area contributed by atoms with Gasteiger partial charge in [0.2, 0.25) is 0 Å². The third-order valence-electron chi connectivity index (χ3n) is 9.33. The molecule has 0 amide bonds. The molecule has 1 saturated carbocycles. The van der Waals surface area contributed by atoms with Gasteiger partial charge < -0.3 is 19.1 Å². The van der Waals surface area contributed by atoms with Crippen molar-refractivity contribution >= 4 is 28.3 Å². The van der Waals surface area contributed by atoms with E-state index in [1.165, 1.54) is 6.07 Å². The van der Waals surface area contributed by atoms with Crippen molar-refractivity contribution in [1.29, 1.82) is 5.26 Å². The Morgan fingerprint density at radius 2 is 2.09 bits per heavy atom. The third kappa shape index (κ3) is 4.72. The lowest BCUT2D eigenvalue weighted by atomic mass is 9.87. The second-order valence-corrected chi connectivity index (χ2v) is 13.0. The predicted octanol–water partition coefficient (Wildman–Crippen LogP) is 6.27. The fourth-order valence-corrected chi connectivity index (χ4v) is 7.67. The molecule has 45 heavy (non-hydrogen) atoms. The fourth-order valence-electron chi connectivity index (χ4n) is 7.08. The molecule has 226 valence electrons. The quantitative estimate of drug-likeness (QED) is 0.226. The van der Waals surface area contributed by atoms with E-state index in [4.69, 9.17) is 19.7 Å². The van der Waals surface area contributed by atoms with Crippen LogP contribution in [0.2, 0.25) is 0 Å². The number of aromatic nitrogens is 3. The number of likely N-dealkylation sites (tertiary alicyclic amines) is 1. The maximum atomic E-state index is 15.0. The van der Waals surface area contributed by atoms with E-state index in [2.05, 4.69) is 20.5 Å². The summed E-state index contributed by atoms with van der Waals surface area (Å²) in [6.45, 7) is 3.81. The van der Waals surface area contributed by atoms with Crippen LogP contribution < -0.4 is 9.47 Å². The molecule has 5 aromatic rings. The molecule has 3 aromatic carbocycles. The van der Waals surface area contributed by atoms with Gasteiger partial charge in [-0.05, 0) is 73.7 Å². The predicted molar refractivity (Wildman–Crippen MR) is 164 cm³/mol. The summed E-state index contributed by atoms with van der Waals surface area (Å²) in [6.07, 6.45) is 3.81. The van der Waals surface area contributed by atoms with Crippen molar-refractivity contribution in [3.8, 4) is 17.6 Å². The van der Waals surface area contributed by atoms with Crippen molar-refractivity contribution in [3.05, 3.63) is 105 Å².